The summed E-state index contributed by atoms with van der Waals surface area (Å²) in [5.41, 5.74) is 0.843. The summed E-state index contributed by atoms with van der Waals surface area (Å²) < 4.78 is 27.5. The van der Waals surface area contributed by atoms with Gasteiger partial charge in [-0.2, -0.15) is 0 Å². The molecule has 5 heterocycles. The normalized spacial score (nSPS) is 25.3. The first-order valence-corrected chi connectivity index (χ1v) is 11.3. The van der Waals surface area contributed by atoms with E-state index in [0.717, 1.165) is 5.69 Å². The smallest absolute Gasteiger partial charge is 0.328 e. The SMILES string of the molecule is Cc1ccc(-c2noc3c(F)c4c(cc23)CC2(C(=O)NC(=O)NC2=O)[C@H]2[C@H](C)O[C@H](C)CN42)cn1. The van der Waals surface area contributed by atoms with E-state index >= 15 is 4.39 Å². The van der Waals surface area contributed by atoms with Crippen LogP contribution in [0.15, 0.2) is 28.9 Å². The van der Waals surface area contributed by atoms with E-state index in [0.29, 0.717) is 22.2 Å². The molecule has 10 nitrogen and oxygen atoms in total. The van der Waals surface area contributed by atoms with Crippen LogP contribution in [-0.2, 0) is 20.7 Å². The van der Waals surface area contributed by atoms with E-state index in [1.807, 2.05) is 26.0 Å². The largest absolute Gasteiger partial charge is 0.372 e. The van der Waals surface area contributed by atoms with Gasteiger partial charge in [-0.1, -0.05) is 5.16 Å². The Hall–Kier alpha value is -3.86. The number of benzene rings is 1. The van der Waals surface area contributed by atoms with Crippen molar-refractivity contribution in [1.29, 1.82) is 0 Å². The number of nitrogens with zero attached hydrogens (tertiary/aromatic N) is 3. The summed E-state index contributed by atoms with van der Waals surface area (Å²) in [5, 5.41) is 8.97. The Bertz CT molecular complexity index is 1400. The maximum absolute atomic E-state index is 16.1. The minimum atomic E-state index is -1.69. The van der Waals surface area contributed by atoms with Crippen molar-refractivity contribution in [3.63, 3.8) is 0 Å². The second-order valence-corrected chi connectivity index (χ2v) is 9.43. The summed E-state index contributed by atoms with van der Waals surface area (Å²) >= 11 is 0. The number of halogens is 1. The lowest BCUT2D eigenvalue weighted by Crippen LogP contribution is -2.75. The molecule has 3 atom stereocenters. The topological polar surface area (TPSA) is 127 Å². The second-order valence-electron chi connectivity index (χ2n) is 9.43. The molecule has 6 rings (SSSR count). The lowest BCUT2D eigenvalue weighted by atomic mass is 9.66. The Balaban J connectivity index is 1.59. The summed E-state index contributed by atoms with van der Waals surface area (Å²) in [5.74, 6) is -2.08. The van der Waals surface area contributed by atoms with Gasteiger partial charge < -0.3 is 14.2 Å². The minimum absolute atomic E-state index is 0.0199. The molecule has 3 aliphatic heterocycles. The minimum Gasteiger partial charge on any atom is -0.372 e. The fourth-order valence-electron chi connectivity index (χ4n) is 5.76. The predicted octanol–water partition coefficient (Wildman–Crippen LogP) is 2.23. The summed E-state index contributed by atoms with van der Waals surface area (Å²) in [6, 6.07) is 3.62. The highest BCUT2D eigenvalue weighted by molar-refractivity contribution is 6.20. The fourth-order valence-corrected chi connectivity index (χ4v) is 5.76. The first-order valence-electron chi connectivity index (χ1n) is 11.3. The van der Waals surface area contributed by atoms with Crippen LogP contribution in [0.4, 0.5) is 14.9 Å². The first kappa shape index (κ1) is 21.7. The molecule has 2 aromatic heterocycles. The lowest BCUT2D eigenvalue weighted by Gasteiger charge is -2.55. The van der Waals surface area contributed by atoms with Crippen molar-refractivity contribution in [2.24, 2.45) is 5.41 Å². The molecule has 0 bridgehead atoms. The molecular weight excluding hydrogens is 457 g/mol. The highest BCUT2D eigenvalue weighted by Crippen LogP contribution is 2.49. The van der Waals surface area contributed by atoms with E-state index < -0.39 is 41.2 Å². The van der Waals surface area contributed by atoms with E-state index in [1.165, 1.54) is 0 Å². The van der Waals surface area contributed by atoms with Crippen molar-refractivity contribution in [3.05, 3.63) is 41.5 Å². The zero-order valence-corrected chi connectivity index (χ0v) is 19.2. The zero-order valence-electron chi connectivity index (χ0n) is 19.2. The van der Waals surface area contributed by atoms with Gasteiger partial charge >= 0.3 is 6.03 Å². The van der Waals surface area contributed by atoms with Crippen LogP contribution in [0, 0.1) is 18.2 Å². The Morgan fingerprint density at radius 2 is 1.91 bits per heavy atom. The molecule has 0 unspecified atom stereocenters. The fraction of sp³-hybridized carbons (Fsp3) is 0.375. The average molecular weight is 479 g/mol. The molecular formula is C24H22FN5O5. The standard InChI is InChI=1S/C24H22FN5O5/c1-10-4-5-13(8-26-10)17-15-6-14-7-24(21(31)27-23(33)28-22(24)32)20-12(3)34-11(2)9-30(20)18(14)16(25)19(15)35-29-17/h4-6,8,11-12,20H,7,9H2,1-3H3,(H2,27,28,31,32,33)/t11-,12+,20-/m1/s1. The zero-order chi connectivity index (χ0) is 24.6. The molecule has 3 aromatic rings. The number of barbiturate groups is 1. The molecule has 2 N–H and O–H groups in total. The molecule has 11 heteroatoms. The summed E-state index contributed by atoms with van der Waals surface area (Å²) in [7, 11) is 0. The van der Waals surface area contributed by atoms with Crippen molar-refractivity contribution < 1.29 is 28.0 Å². The molecule has 4 amide bonds. The van der Waals surface area contributed by atoms with Gasteiger partial charge in [-0.15, -0.1) is 0 Å². The number of imide groups is 2. The first-order chi connectivity index (χ1) is 16.7. The third kappa shape index (κ3) is 2.94. The van der Waals surface area contributed by atoms with E-state index in [-0.39, 0.29) is 30.3 Å². The van der Waals surface area contributed by atoms with Crippen LogP contribution in [0.5, 0.6) is 0 Å². The summed E-state index contributed by atoms with van der Waals surface area (Å²) in [6.45, 7) is 5.67. The third-order valence-electron chi connectivity index (χ3n) is 7.15. The highest BCUT2D eigenvalue weighted by atomic mass is 19.1. The number of aromatic nitrogens is 2. The number of hydrogen-bond donors (Lipinski definition) is 2. The Morgan fingerprint density at radius 3 is 2.60 bits per heavy atom. The van der Waals surface area contributed by atoms with Gasteiger partial charge in [0.2, 0.25) is 17.4 Å². The number of pyridine rings is 1. The number of amides is 4. The summed E-state index contributed by atoms with van der Waals surface area (Å²) in [4.78, 5) is 44.5. The van der Waals surface area contributed by atoms with Crippen molar-refractivity contribution in [2.45, 2.75) is 45.4 Å². The Morgan fingerprint density at radius 1 is 1.17 bits per heavy atom. The van der Waals surface area contributed by atoms with Gasteiger partial charge in [0.05, 0.1) is 29.3 Å². The predicted molar refractivity (Wildman–Crippen MR) is 121 cm³/mol. The van der Waals surface area contributed by atoms with E-state index in [9.17, 15) is 14.4 Å². The van der Waals surface area contributed by atoms with Gasteiger partial charge in [-0.05, 0) is 44.5 Å². The molecule has 2 saturated heterocycles. The number of urea groups is 1. The Kier molecular flexibility index (Phi) is 4.53. The molecule has 3 aliphatic rings. The number of morpholine rings is 1. The molecule has 1 aromatic carbocycles. The van der Waals surface area contributed by atoms with Crippen LogP contribution in [-0.4, -0.2) is 52.8 Å². The van der Waals surface area contributed by atoms with Gasteiger partial charge in [0.15, 0.2) is 11.2 Å². The van der Waals surface area contributed by atoms with Crippen molar-refractivity contribution in [3.8, 4) is 11.3 Å². The molecule has 0 aliphatic carbocycles. The van der Waals surface area contributed by atoms with E-state index in [1.54, 1.807) is 24.1 Å². The van der Waals surface area contributed by atoms with Gasteiger partial charge in [0.1, 0.15) is 5.69 Å². The van der Waals surface area contributed by atoms with Crippen LogP contribution in [0.2, 0.25) is 0 Å². The third-order valence-corrected chi connectivity index (χ3v) is 7.15. The maximum Gasteiger partial charge on any atom is 0.328 e. The van der Waals surface area contributed by atoms with Crippen LogP contribution < -0.4 is 15.5 Å². The number of ether oxygens (including phenoxy) is 1. The Labute approximate surface area is 198 Å². The summed E-state index contributed by atoms with van der Waals surface area (Å²) in [6.07, 6.45) is 0.607. The highest BCUT2D eigenvalue weighted by Gasteiger charge is 2.63. The molecule has 0 saturated carbocycles. The van der Waals surface area contributed by atoms with E-state index in [2.05, 4.69) is 20.8 Å². The van der Waals surface area contributed by atoms with Gasteiger partial charge in [-0.25, -0.2) is 9.18 Å². The van der Waals surface area contributed by atoms with Crippen molar-refractivity contribution in [1.82, 2.24) is 20.8 Å². The van der Waals surface area contributed by atoms with E-state index in [4.69, 9.17) is 9.26 Å². The van der Waals surface area contributed by atoms with Crippen molar-refractivity contribution >= 4 is 34.5 Å². The quantitative estimate of drug-likeness (QED) is 0.509. The number of carbonyl (C=O) groups excluding carboxylic acids is 3. The number of carbonyl (C=O) groups is 3. The molecule has 1 spiro atoms. The maximum atomic E-state index is 16.1. The van der Waals surface area contributed by atoms with Crippen LogP contribution >= 0.6 is 0 Å². The molecule has 35 heavy (non-hydrogen) atoms. The molecule has 2 fully saturated rings. The van der Waals surface area contributed by atoms with Crippen LogP contribution in [0.1, 0.15) is 25.1 Å². The van der Waals surface area contributed by atoms with Gasteiger partial charge in [0.25, 0.3) is 0 Å². The molecule has 0 radical (unpaired) electrons. The van der Waals surface area contributed by atoms with Gasteiger partial charge in [-0.3, -0.25) is 25.2 Å². The monoisotopic (exact) mass is 479 g/mol. The number of nitrogens with one attached hydrogen (secondary N) is 2. The van der Waals surface area contributed by atoms with Crippen LogP contribution in [0.3, 0.4) is 0 Å². The lowest BCUT2D eigenvalue weighted by molar-refractivity contribution is -0.153. The number of hydrogen-bond acceptors (Lipinski definition) is 8. The van der Waals surface area contributed by atoms with Crippen LogP contribution in [0.25, 0.3) is 22.2 Å². The number of rotatable bonds is 1. The average Bonchev–Trinajstić information content (AvgIpc) is 3.21. The van der Waals surface area contributed by atoms with Gasteiger partial charge in [0, 0.05) is 30.4 Å². The number of anilines is 1. The molecule has 180 valence electrons. The second kappa shape index (κ2) is 7.32. The number of aryl methyl sites for hydroxylation is 1. The number of fused-ring (bicyclic) bond motifs is 5. The van der Waals surface area contributed by atoms with Crippen molar-refractivity contribution in [2.75, 3.05) is 11.4 Å².